The lowest BCUT2D eigenvalue weighted by molar-refractivity contribution is -0.192. The summed E-state index contributed by atoms with van der Waals surface area (Å²) in [7, 11) is 5.52. The van der Waals surface area contributed by atoms with E-state index in [-0.39, 0.29) is 24.1 Å². The van der Waals surface area contributed by atoms with Crippen LogP contribution in [0.4, 0.5) is 13.2 Å². The molecule has 0 radical (unpaired) electrons. The second-order valence-electron chi connectivity index (χ2n) is 6.84. The number of nitrogens with zero attached hydrogens (tertiary/aromatic N) is 2. The zero-order valence-corrected chi connectivity index (χ0v) is 16.6. The maximum atomic E-state index is 12.1. The van der Waals surface area contributed by atoms with Crippen LogP contribution in [-0.4, -0.2) is 73.0 Å². The predicted octanol–water partition coefficient (Wildman–Crippen LogP) is 0.663. The molecule has 1 amide bonds. The van der Waals surface area contributed by atoms with E-state index in [0.717, 1.165) is 37.1 Å². The van der Waals surface area contributed by atoms with Crippen LogP contribution in [0, 0.1) is 0 Å². The fourth-order valence-corrected chi connectivity index (χ4v) is 2.89. The van der Waals surface area contributed by atoms with Crippen molar-refractivity contribution in [2.45, 2.75) is 38.0 Å². The molecule has 0 fully saturated rings. The van der Waals surface area contributed by atoms with Crippen LogP contribution < -0.4 is 10.9 Å². The summed E-state index contributed by atoms with van der Waals surface area (Å²) in [6.45, 7) is 1.63. The molecule has 0 aromatic carbocycles. The molecule has 1 aliphatic carbocycles. The van der Waals surface area contributed by atoms with Crippen molar-refractivity contribution in [3.63, 3.8) is 0 Å². The van der Waals surface area contributed by atoms with Gasteiger partial charge in [0.05, 0.1) is 0 Å². The first-order chi connectivity index (χ1) is 13.5. The number of hydrogen-bond acceptors (Lipinski definition) is 5. The van der Waals surface area contributed by atoms with Crippen molar-refractivity contribution in [2.24, 2.45) is 0 Å². The van der Waals surface area contributed by atoms with Crippen molar-refractivity contribution in [2.75, 3.05) is 34.4 Å². The highest BCUT2D eigenvalue weighted by atomic mass is 19.4. The molecule has 1 heterocycles. The highest BCUT2D eigenvalue weighted by Crippen LogP contribution is 2.20. The molecule has 8 nitrogen and oxygen atoms in total. The number of aliphatic carboxylic acids is 1. The smallest absolute Gasteiger partial charge is 0.475 e. The first-order valence-electron chi connectivity index (χ1n) is 8.90. The number of likely N-dealkylation sites (N-methyl/N-ethyl adjacent to an activating group) is 1. The van der Waals surface area contributed by atoms with Gasteiger partial charge in [0.2, 0.25) is 5.91 Å². The summed E-state index contributed by atoms with van der Waals surface area (Å²) < 4.78 is 38.5. The van der Waals surface area contributed by atoms with Gasteiger partial charge in [0.15, 0.2) is 0 Å². The molecule has 1 aromatic heterocycles. The molecule has 1 aliphatic rings. The maximum Gasteiger partial charge on any atom is 0.490 e. The SMILES string of the molecule is COCC(=O)NC1CCc2c(ccc(=O)n2CCN(C)C)C1.O=C(O)C(F)(F)F. The van der Waals surface area contributed by atoms with E-state index in [0.29, 0.717) is 6.54 Å². The van der Waals surface area contributed by atoms with Gasteiger partial charge in [-0.3, -0.25) is 9.59 Å². The third kappa shape index (κ3) is 8.24. The fraction of sp³-hybridized carbons (Fsp3) is 0.611. The summed E-state index contributed by atoms with van der Waals surface area (Å²) in [5.41, 5.74) is 2.33. The van der Waals surface area contributed by atoms with Crippen LogP contribution in [0.25, 0.3) is 0 Å². The first kappa shape index (κ1) is 24.6. The normalized spacial score (nSPS) is 15.9. The Bertz CT molecular complexity index is 762. The van der Waals surface area contributed by atoms with Gasteiger partial charge in [0.1, 0.15) is 6.61 Å². The minimum absolute atomic E-state index is 0.0578. The molecule has 1 unspecified atom stereocenters. The third-order valence-electron chi connectivity index (χ3n) is 4.24. The van der Waals surface area contributed by atoms with Crippen LogP contribution >= 0.6 is 0 Å². The number of ether oxygens (including phenoxy) is 1. The number of pyridine rings is 1. The number of fused-ring (bicyclic) bond motifs is 1. The van der Waals surface area contributed by atoms with E-state index < -0.39 is 12.1 Å². The Hall–Kier alpha value is -2.40. The molecule has 1 atom stereocenters. The molecule has 29 heavy (non-hydrogen) atoms. The van der Waals surface area contributed by atoms with E-state index in [1.807, 2.05) is 24.7 Å². The topological polar surface area (TPSA) is 101 Å². The summed E-state index contributed by atoms with van der Waals surface area (Å²) in [4.78, 5) is 34.7. The van der Waals surface area contributed by atoms with Crippen molar-refractivity contribution >= 4 is 11.9 Å². The minimum Gasteiger partial charge on any atom is -0.475 e. The average molecular weight is 421 g/mol. The average Bonchev–Trinajstić information content (AvgIpc) is 2.60. The minimum atomic E-state index is -5.08. The van der Waals surface area contributed by atoms with Gasteiger partial charge in [-0.2, -0.15) is 13.2 Å². The number of nitrogens with one attached hydrogen (secondary N) is 1. The van der Waals surface area contributed by atoms with E-state index in [1.165, 1.54) is 7.11 Å². The predicted molar refractivity (Wildman–Crippen MR) is 98.8 cm³/mol. The Morgan fingerprint density at radius 1 is 1.34 bits per heavy atom. The van der Waals surface area contributed by atoms with Crippen LogP contribution in [0.3, 0.4) is 0 Å². The molecule has 0 spiro atoms. The van der Waals surface area contributed by atoms with Crippen molar-refractivity contribution < 1.29 is 32.6 Å². The molecule has 2 N–H and O–H groups in total. The Balaban J connectivity index is 0.000000516. The highest BCUT2D eigenvalue weighted by molar-refractivity contribution is 5.77. The second kappa shape index (κ2) is 11.0. The quantitative estimate of drug-likeness (QED) is 0.700. The van der Waals surface area contributed by atoms with E-state index in [1.54, 1.807) is 6.07 Å². The summed E-state index contributed by atoms with van der Waals surface area (Å²) in [5.74, 6) is -2.84. The molecule has 0 bridgehead atoms. The van der Waals surface area contributed by atoms with Gasteiger partial charge < -0.3 is 24.6 Å². The Morgan fingerprint density at radius 3 is 2.48 bits per heavy atom. The van der Waals surface area contributed by atoms with Crippen molar-refractivity contribution in [3.8, 4) is 0 Å². The van der Waals surface area contributed by atoms with Crippen LogP contribution in [-0.2, 0) is 33.7 Å². The number of carbonyl (C=O) groups is 2. The van der Waals surface area contributed by atoms with E-state index in [2.05, 4.69) is 10.2 Å². The molecule has 0 aliphatic heterocycles. The summed E-state index contributed by atoms with van der Waals surface area (Å²) >= 11 is 0. The van der Waals surface area contributed by atoms with Crippen LogP contribution in [0.1, 0.15) is 17.7 Å². The number of methoxy groups -OCH3 is 1. The Morgan fingerprint density at radius 2 is 1.97 bits per heavy atom. The molecule has 2 rings (SSSR count). The summed E-state index contributed by atoms with van der Waals surface area (Å²) in [5, 5.41) is 10.1. The number of carbonyl (C=O) groups excluding carboxylic acids is 1. The number of carboxylic acid groups (broad SMARTS) is 1. The van der Waals surface area contributed by atoms with Gasteiger partial charge in [-0.05, 0) is 38.9 Å². The Labute approximate surface area is 166 Å². The fourth-order valence-electron chi connectivity index (χ4n) is 2.89. The molecule has 0 saturated carbocycles. The number of aromatic nitrogens is 1. The zero-order chi connectivity index (χ0) is 22.2. The highest BCUT2D eigenvalue weighted by Gasteiger charge is 2.38. The zero-order valence-electron chi connectivity index (χ0n) is 16.6. The van der Waals surface area contributed by atoms with Gasteiger partial charge >= 0.3 is 12.1 Å². The van der Waals surface area contributed by atoms with Crippen LogP contribution in [0.15, 0.2) is 16.9 Å². The van der Waals surface area contributed by atoms with E-state index >= 15 is 0 Å². The molecule has 0 saturated heterocycles. The molecule has 164 valence electrons. The number of hydrogen-bond donors (Lipinski definition) is 2. The second-order valence-corrected chi connectivity index (χ2v) is 6.84. The third-order valence-corrected chi connectivity index (χ3v) is 4.24. The van der Waals surface area contributed by atoms with Gasteiger partial charge in [-0.25, -0.2) is 4.79 Å². The molecular weight excluding hydrogens is 395 g/mol. The molecular formula is C18H26F3N3O5. The lowest BCUT2D eigenvalue weighted by Crippen LogP contribution is -2.42. The van der Waals surface area contributed by atoms with Crippen molar-refractivity contribution in [3.05, 3.63) is 33.7 Å². The number of carboxylic acids is 1. The lowest BCUT2D eigenvalue weighted by atomic mass is 9.91. The van der Waals surface area contributed by atoms with Gasteiger partial charge in [0, 0.05) is 38.0 Å². The van der Waals surface area contributed by atoms with E-state index in [9.17, 15) is 22.8 Å². The number of alkyl halides is 3. The van der Waals surface area contributed by atoms with Gasteiger partial charge in [0.25, 0.3) is 5.56 Å². The summed E-state index contributed by atoms with van der Waals surface area (Å²) in [6.07, 6.45) is -2.64. The molecule has 1 aromatic rings. The van der Waals surface area contributed by atoms with Crippen molar-refractivity contribution in [1.82, 2.24) is 14.8 Å². The summed E-state index contributed by atoms with van der Waals surface area (Å²) in [6, 6.07) is 3.65. The first-order valence-corrected chi connectivity index (χ1v) is 8.90. The number of amides is 1. The standard InChI is InChI=1S/C16H25N3O3.C2HF3O2/c1-18(2)8-9-19-14-6-5-13(17-15(20)11-22-3)10-12(14)4-7-16(19)21;3-2(4,5)1(6)7/h4,7,13H,5-6,8-11H2,1-3H3,(H,17,20);(H,6,7). The van der Waals surface area contributed by atoms with E-state index in [4.69, 9.17) is 14.6 Å². The maximum absolute atomic E-state index is 12.1. The van der Waals surface area contributed by atoms with Crippen LogP contribution in [0.5, 0.6) is 0 Å². The number of rotatable bonds is 6. The van der Waals surface area contributed by atoms with Gasteiger partial charge in [-0.15, -0.1) is 0 Å². The van der Waals surface area contributed by atoms with Crippen LogP contribution in [0.2, 0.25) is 0 Å². The monoisotopic (exact) mass is 421 g/mol. The lowest BCUT2D eigenvalue weighted by Gasteiger charge is -2.28. The largest absolute Gasteiger partial charge is 0.490 e. The molecule has 11 heteroatoms. The van der Waals surface area contributed by atoms with Gasteiger partial charge in [-0.1, -0.05) is 6.07 Å². The number of halogens is 3. The Kier molecular flexibility index (Phi) is 9.31. The van der Waals surface area contributed by atoms with Crippen molar-refractivity contribution in [1.29, 1.82) is 0 Å².